The molecule has 3 rings (SSSR count). The maximum atomic E-state index is 9.43. The van der Waals surface area contributed by atoms with Crippen LogP contribution in [0.15, 0.2) is 65.8 Å². The van der Waals surface area contributed by atoms with E-state index in [1.54, 1.807) is 6.20 Å². The van der Waals surface area contributed by atoms with Crippen LogP contribution < -0.4 is 4.74 Å². The van der Waals surface area contributed by atoms with E-state index < -0.39 is 6.10 Å². The molecule has 0 bridgehead atoms. The van der Waals surface area contributed by atoms with Gasteiger partial charge in [0.15, 0.2) is 0 Å². The maximum absolute atomic E-state index is 9.43. The summed E-state index contributed by atoms with van der Waals surface area (Å²) in [4.78, 5) is 8.72. The molecule has 1 heterocycles. The third-order valence-corrected chi connectivity index (χ3v) is 3.85. The van der Waals surface area contributed by atoms with Crippen molar-refractivity contribution in [3.63, 3.8) is 0 Å². The van der Waals surface area contributed by atoms with Gasteiger partial charge in [-0.05, 0) is 41.8 Å². The monoisotopic (exact) mass is 329 g/mol. The number of nitriles is 1. The van der Waals surface area contributed by atoms with Crippen molar-refractivity contribution in [2.24, 2.45) is 4.99 Å². The highest BCUT2D eigenvalue weighted by atomic mass is 16.5. The van der Waals surface area contributed by atoms with Crippen molar-refractivity contribution in [3.8, 4) is 11.8 Å². The molecular weight excluding hydrogens is 310 g/mol. The molecular formula is C21H19N3O. The Morgan fingerprint density at radius 1 is 1.12 bits per heavy atom. The fourth-order valence-electron chi connectivity index (χ4n) is 2.56. The van der Waals surface area contributed by atoms with E-state index in [0.717, 1.165) is 22.2 Å². The van der Waals surface area contributed by atoms with Crippen molar-refractivity contribution >= 4 is 22.8 Å². The van der Waals surface area contributed by atoms with Crippen LogP contribution in [0.3, 0.4) is 0 Å². The van der Waals surface area contributed by atoms with Gasteiger partial charge in [-0.1, -0.05) is 38.1 Å². The van der Waals surface area contributed by atoms with Gasteiger partial charge >= 0.3 is 0 Å². The van der Waals surface area contributed by atoms with E-state index in [-0.39, 0.29) is 5.92 Å². The fraction of sp³-hybridized carbons (Fsp3) is 0.190. The van der Waals surface area contributed by atoms with Gasteiger partial charge in [-0.25, -0.2) is 0 Å². The molecule has 0 fully saturated rings. The summed E-state index contributed by atoms with van der Waals surface area (Å²) in [5, 5.41) is 10.4. The van der Waals surface area contributed by atoms with Crippen LogP contribution in [0.4, 0.5) is 5.69 Å². The van der Waals surface area contributed by atoms with E-state index >= 15 is 0 Å². The number of aliphatic imine (C=N–C) groups is 1. The second kappa shape index (κ2) is 7.59. The quantitative estimate of drug-likeness (QED) is 0.617. The molecule has 0 saturated heterocycles. The van der Waals surface area contributed by atoms with Crippen LogP contribution in [0.2, 0.25) is 0 Å². The molecule has 1 unspecified atom stereocenters. The summed E-state index contributed by atoms with van der Waals surface area (Å²) in [6.45, 7) is 4.19. The average Bonchev–Trinajstić information content (AvgIpc) is 2.65. The van der Waals surface area contributed by atoms with Crippen LogP contribution >= 0.6 is 0 Å². The summed E-state index contributed by atoms with van der Waals surface area (Å²) in [6.07, 6.45) is 2.55. The SMILES string of the molecule is CC(C)c1cc2ncccc2cc1OC(C#N)C=Nc1ccccc1. The first-order valence-electron chi connectivity index (χ1n) is 8.21. The van der Waals surface area contributed by atoms with Crippen molar-refractivity contribution in [2.45, 2.75) is 25.9 Å². The number of para-hydroxylation sites is 1. The number of hydrogen-bond acceptors (Lipinski definition) is 4. The van der Waals surface area contributed by atoms with Crippen molar-refractivity contribution < 1.29 is 4.74 Å². The van der Waals surface area contributed by atoms with Gasteiger partial charge in [0.2, 0.25) is 6.10 Å². The van der Waals surface area contributed by atoms with Crippen molar-refractivity contribution in [2.75, 3.05) is 0 Å². The van der Waals surface area contributed by atoms with Crippen LogP contribution in [0, 0.1) is 11.3 Å². The van der Waals surface area contributed by atoms with Crippen LogP contribution in [-0.4, -0.2) is 17.3 Å². The molecule has 0 aliphatic carbocycles. The van der Waals surface area contributed by atoms with E-state index in [2.05, 4.69) is 29.9 Å². The molecule has 1 atom stereocenters. The Labute approximate surface area is 147 Å². The van der Waals surface area contributed by atoms with Gasteiger partial charge in [0, 0.05) is 11.6 Å². The summed E-state index contributed by atoms with van der Waals surface area (Å²) in [5.41, 5.74) is 2.74. The topological polar surface area (TPSA) is 58.3 Å². The molecule has 0 saturated carbocycles. The van der Waals surface area contributed by atoms with Crippen LogP contribution in [0.25, 0.3) is 10.9 Å². The summed E-state index contributed by atoms with van der Waals surface area (Å²) in [6, 6.07) is 19.5. The second-order valence-electron chi connectivity index (χ2n) is 6.02. The zero-order valence-corrected chi connectivity index (χ0v) is 14.3. The first kappa shape index (κ1) is 16.7. The lowest BCUT2D eigenvalue weighted by molar-refractivity contribution is 0.319. The first-order valence-corrected chi connectivity index (χ1v) is 8.21. The minimum Gasteiger partial charge on any atom is -0.469 e. The summed E-state index contributed by atoms with van der Waals surface area (Å²) in [7, 11) is 0. The molecule has 4 heteroatoms. The lowest BCUT2D eigenvalue weighted by Crippen LogP contribution is -2.16. The predicted molar refractivity (Wildman–Crippen MR) is 100 cm³/mol. The Morgan fingerprint density at radius 3 is 2.64 bits per heavy atom. The molecule has 25 heavy (non-hydrogen) atoms. The van der Waals surface area contributed by atoms with E-state index in [1.165, 1.54) is 6.21 Å². The molecule has 0 aliphatic heterocycles. The zero-order chi connectivity index (χ0) is 17.6. The van der Waals surface area contributed by atoms with Gasteiger partial charge in [0.25, 0.3) is 0 Å². The van der Waals surface area contributed by atoms with Gasteiger partial charge < -0.3 is 4.74 Å². The Hall–Kier alpha value is -3.19. The van der Waals surface area contributed by atoms with Crippen molar-refractivity contribution in [1.29, 1.82) is 5.26 Å². The Morgan fingerprint density at radius 2 is 1.92 bits per heavy atom. The molecule has 3 aromatic rings. The molecule has 124 valence electrons. The third-order valence-electron chi connectivity index (χ3n) is 3.85. The molecule has 4 nitrogen and oxygen atoms in total. The van der Waals surface area contributed by atoms with Gasteiger partial charge in [0.05, 0.1) is 17.4 Å². The normalized spacial score (nSPS) is 12.4. The van der Waals surface area contributed by atoms with E-state index in [1.807, 2.05) is 54.6 Å². The van der Waals surface area contributed by atoms with Gasteiger partial charge in [0.1, 0.15) is 11.8 Å². The van der Waals surface area contributed by atoms with Crippen molar-refractivity contribution in [3.05, 3.63) is 66.4 Å². The van der Waals surface area contributed by atoms with E-state index in [9.17, 15) is 5.26 Å². The van der Waals surface area contributed by atoms with E-state index in [4.69, 9.17) is 4.74 Å². The average molecular weight is 329 g/mol. The number of benzene rings is 2. The molecule has 0 spiro atoms. The van der Waals surface area contributed by atoms with Crippen LogP contribution in [0.5, 0.6) is 5.75 Å². The molecule has 1 aromatic heterocycles. The van der Waals surface area contributed by atoms with Gasteiger partial charge in [-0.2, -0.15) is 5.26 Å². The molecule has 0 N–H and O–H groups in total. The number of pyridine rings is 1. The number of hydrogen-bond donors (Lipinski definition) is 0. The standard InChI is InChI=1S/C21H19N3O/c1-15(2)19-12-20-16(7-6-10-23-20)11-21(19)25-18(13-22)14-24-17-8-4-3-5-9-17/h3-12,14-15,18H,1-2H3. The predicted octanol–water partition coefficient (Wildman–Crippen LogP) is 5.03. The minimum absolute atomic E-state index is 0.256. The second-order valence-corrected chi connectivity index (χ2v) is 6.02. The summed E-state index contributed by atoms with van der Waals surface area (Å²) in [5.74, 6) is 0.952. The molecule has 2 aromatic carbocycles. The molecule has 0 amide bonds. The van der Waals surface area contributed by atoms with Gasteiger partial charge in [-0.3, -0.25) is 9.98 Å². The zero-order valence-electron chi connectivity index (χ0n) is 14.3. The highest BCUT2D eigenvalue weighted by molar-refractivity contribution is 5.81. The highest BCUT2D eigenvalue weighted by Gasteiger charge is 2.14. The molecule has 0 aliphatic rings. The number of nitrogens with zero attached hydrogens (tertiary/aromatic N) is 3. The van der Waals surface area contributed by atoms with Crippen molar-refractivity contribution in [1.82, 2.24) is 4.98 Å². The maximum Gasteiger partial charge on any atom is 0.219 e. The van der Waals surface area contributed by atoms with Crippen LogP contribution in [-0.2, 0) is 0 Å². The number of rotatable bonds is 5. The third kappa shape index (κ3) is 4.02. The van der Waals surface area contributed by atoms with Gasteiger partial charge in [-0.15, -0.1) is 0 Å². The summed E-state index contributed by atoms with van der Waals surface area (Å²) >= 11 is 0. The Kier molecular flexibility index (Phi) is 5.06. The van der Waals surface area contributed by atoms with Crippen LogP contribution in [0.1, 0.15) is 25.3 Å². The fourth-order valence-corrected chi connectivity index (χ4v) is 2.56. The number of aromatic nitrogens is 1. The lowest BCUT2D eigenvalue weighted by Gasteiger charge is -2.16. The Balaban J connectivity index is 1.90. The minimum atomic E-state index is -0.758. The molecule has 0 radical (unpaired) electrons. The largest absolute Gasteiger partial charge is 0.469 e. The highest BCUT2D eigenvalue weighted by Crippen LogP contribution is 2.31. The lowest BCUT2D eigenvalue weighted by atomic mass is 10.00. The number of fused-ring (bicyclic) bond motifs is 1. The Bertz CT molecular complexity index is 927. The first-order chi connectivity index (χ1) is 12.2. The smallest absolute Gasteiger partial charge is 0.219 e. The summed E-state index contributed by atoms with van der Waals surface area (Å²) < 4.78 is 5.95. The van der Waals surface area contributed by atoms with E-state index in [0.29, 0.717) is 5.75 Å². The number of ether oxygens (including phenoxy) is 1.